The first-order valence-corrected chi connectivity index (χ1v) is 8.28. The summed E-state index contributed by atoms with van der Waals surface area (Å²) in [6.45, 7) is 1.97. The molecule has 0 radical (unpaired) electrons. The van der Waals surface area contributed by atoms with Crippen molar-refractivity contribution in [1.29, 1.82) is 0 Å². The van der Waals surface area contributed by atoms with Gasteiger partial charge in [0.05, 0.1) is 0 Å². The molecule has 6 heteroatoms. The van der Waals surface area contributed by atoms with Crippen molar-refractivity contribution >= 4 is 29.4 Å². The second-order valence-corrected chi connectivity index (χ2v) is 5.86. The molecule has 0 aromatic heterocycles. The van der Waals surface area contributed by atoms with Crippen molar-refractivity contribution in [3.8, 4) is 0 Å². The number of hydrogen-bond acceptors (Lipinski definition) is 3. The van der Waals surface area contributed by atoms with Crippen LogP contribution in [0.4, 0.5) is 10.5 Å². The molecule has 0 aliphatic carbocycles. The third-order valence-corrected chi connectivity index (χ3v) is 3.59. The van der Waals surface area contributed by atoms with Crippen molar-refractivity contribution in [3.05, 3.63) is 29.8 Å². The Hall–Kier alpha value is -1.69. The van der Waals surface area contributed by atoms with Crippen LogP contribution < -0.4 is 10.6 Å². The molecule has 0 aliphatic heterocycles. The van der Waals surface area contributed by atoms with Crippen LogP contribution in [0.25, 0.3) is 0 Å². The van der Waals surface area contributed by atoms with E-state index in [0.29, 0.717) is 12.1 Å². The minimum Gasteiger partial charge on any atom is -0.481 e. The molecule has 1 rings (SSSR count). The lowest BCUT2D eigenvalue weighted by atomic mass is 10.1. The van der Waals surface area contributed by atoms with Gasteiger partial charge in [-0.2, -0.15) is 11.8 Å². The quantitative estimate of drug-likeness (QED) is 0.690. The Kier molecular flexibility index (Phi) is 7.68. The smallest absolute Gasteiger partial charge is 0.319 e. The molecule has 5 nitrogen and oxygen atoms in total. The average molecular weight is 310 g/mol. The molecule has 2 amide bonds. The number of carboxylic acids is 1. The molecule has 0 saturated heterocycles. The van der Waals surface area contributed by atoms with Crippen LogP contribution in [0.15, 0.2) is 24.3 Å². The van der Waals surface area contributed by atoms with Gasteiger partial charge in [-0.15, -0.1) is 0 Å². The lowest BCUT2D eigenvalue weighted by Crippen LogP contribution is -2.36. The molecule has 116 valence electrons. The SMILES string of the molecule is CSCCC(C)NC(=O)Nc1cccc(CCC(=O)O)c1. The standard InChI is InChI=1S/C15H22N2O3S/c1-11(8-9-21-2)16-15(20)17-13-5-3-4-12(10-13)6-7-14(18)19/h3-5,10-11H,6-9H2,1-2H3,(H,18,19)(H2,16,17,20). The molecule has 1 unspecified atom stereocenters. The fourth-order valence-corrected chi connectivity index (χ4v) is 2.40. The van der Waals surface area contributed by atoms with Crippen LogP contribution in [-0.2, 0) is 11.2 Å². The van der Waals surface area contributed by atoms with E-state index in [1.165, 1.54) is 0 Å². The summed E-state index contributed by atoms with van der Waals surface area (Å²) in [5, 5.41) is 14.3. The summed E-state index contributed by atoms with van der Waals surface area (Å²) in [5.41, 5.74) is 1.57. The molecule has 1 aromatic carbocycles. The number of carbonyl (C=O) groups is 2. The lowest BCUT2D eigenvalue weighted by molar-refractivity contribution is -0.136. The van der Waals surface area contributed by atoms with Gasteiger partial charge in [0.15, 0.2) is 0 Å². The van der Waals surface area contributed by atoms with Gasteiger partial charge in [-0.1, -0.05) is 12.1 Å². The number of rotatable bonds is 8. The van der Waals surface area contributed by atoms with E-state index in [1.54, 1.807) is 23.9 Å². The molecule has 0 fully saturated rings. The van der Waals surface area contributed by atoms with Gasteiger partial charge in [-0.25, -0.2) is 4.79 Å². The van der Waals surface area contributed by atoms with Crippen LogP contribution >= 0.6 is 11.8 Å². The summed E-state index contributed by atoms with van der Waals surface area (Å²) < 4.78 is 0. The zero-order valence-corrected chi connectivity index (χ0v) is 13.2. The Morgan fingerprint density at radius 1 is 1.38 bits per heavy atom. The van der Waals surface area contributed by atoms with Gasteiger partial charge >= 0.3 is 12.0 Å². The average Bonchev–Trinajstić information content (AvgIpc) is 2.43. The van der Waals surface area contributed by atoms with Crippen molar-refractivity contribution in [2.75, 3.05) is 17.3 Å². The zero-order valence-electron chi connectivity index (χ0n) is 12.4. The molecule has 0 aliphatic rings. The molecule has 0 saturated carbocycles. The predicted molar refractivity (Wildman–Crippen MR) is 87.0 cm³/mol. The van der Waals surface area contributed by atoms with E-state index in [1.807, 2.05) is 25.3 Å². The highest BCUT2D eigenvalue weighted by molar-refractivity contribution is 7.98. The van der Waals surface area contributed by atoms with Gasteiger partial charge in [0.25, 0.3) is 0 Å². The first kappa shape index (κ1) is 17.4. The molecule has 21 heavy (non-hydrogen) atoms. The number of amides is 2. The Morgan fingerprint density at radius 3 is 2.81 bits per heavy atom. The summed E-state index contributed by atoms with van der Waals surface area (Å²) >= 11 is 1.75. The molecular formula is C15H22N2O3S. The van der Waals surface area contributed by atoms with Crippen LogP contribution in [0.3, 0.4) is 0 Å². The van der Waals surface area contributed by atoms with Gasteiger partial charge in [0, 0.05) is 18.2 Å². The lowest BCUT2D eigenvalue weighted by Gasteiger charge is -2.14. The van der Waals surface area contributed by atoms with Gasteiger partial charge in [-0.3, -0.25) is 4.79 Å². The van der Waals surface area contributed by atoms with Crippen molar-refractivity contribution in [1.82, 2.24) is 5.32 Å². The Labute approximate surface area is 129 Å². The summed E-state index contributed by atoms with van der Waals surface area (Å²) in [7, 11) is 0. The fourth-order valence-electron chi connectivity index (χ4n) is 1.81. The maximum absolute atomic E-state index is 11.8. The van der Waals surface area contributed by atoms with Gasteiger partial charge in [0.2, 0.25) is 0 Å². The number of carbonyl (C=O) groups excluding carboxylic acids is 1. The Balaban J connectivity index is 2.48. The zero-order chi connectivity index (χ0) is 15.7. The maximum Gasteiger partial charge on any atom is 0.319 e. The molecule has 0 heterocycles. The molecule has 1 atom stereocenters. The number of hydrogen-bond donors (Lipinski definition) is 3. The van der Waals surface area contributed by atoms with E-state index < -0.39 is 5.97 Å². The second-order valence-electron chi connectivity index (χ2n) is 4.88. The Bertz CT molecular complexity index is 480. The van der Waals surface area contributed by atoms with Crippen molar-refractivity contribution < 1.29 is 14.7 Å². The number of carboxylic acid groups (broad SMARTS) is 1. The highest BCUT2D eigenvalue weighted by atomic mass is 32.2. The first-order chi connectivity index (χ1) is 10.0. The van der Waals surface area contributed by atoms with Gasteiger partial charge in [-0.05, 0) is 49.5 Å². The van der Waals surface area contributed by atoms with E-state index in [-0.39, 0.29) is 18.5 Å². The van der Waals surface area contributed by atoms with E-state index in [2.05, 4.69) is 10.6 Å². The highest BCUT2D eigenvalue weighted by Gasteiger charge is 2.07. The third kappa shape index (κ3) is 7.60. The van der Waals surface area contributed by atoms with Crippen LogP contribution in [0.1, 0.15) is 25.3 Å². The topological polar surface area (TPSA) is 78.4 Å². The number of aryl methyl sites for hydroxylation is 1. The van der Waals surface area contributed by atoms with E-state index in [4.69, 9.17) is 5.11 Å². The number of nitrogens with one attached hydrogen (secondary N) is 2. The Morgan fingerprint density at radius 2 is 2.14 bits per heavy atom. The third-order valence-electron chi connectivity index (χ3n) is 2.94. The minimum atomic E-state index is -0.825. The van der Waals surface area contributed by atoms with Crippen molar-refractivity contribution in [2.24, 2.45) is 0 Å². The predicted octanol–water partition coefficient (Wildman–Crippen LogP) is 2.97. The van der Waals surface area contributed by atoms with Crippen LogP contribution in [0.5, 0.6) is 0 Å². The van der Waals surface area contributed by atoms with Gasteiger partial charge in [0.1, 0.15) is 0 Å². The highest BCUT2D eigenvalue weighted by Crippen LogP contribution is 2.12. The molecule has 3 N–H and O–H groups in total. The van der Waals surface area contributed by atoms with Crippen molar-refractivity contribution in [3.63, 3.8) is 0 Å². The second kappa shape index (κ2) is 9.28. The summed E-state index contributed by atoms with van der Waals surface area (Å²) in [6, 6.07) is 7.13. The number of thioether (sulfide) groups is 1. The monoisotopic (exact) mass is 310 g/mol. The van der Waals surface area contributed by atoms with Crippen molar-refractivity contribution in [2.45, 2.75) is 32.2 Å². The summed E-state index contributed by atoms with van der Waals surface area (Å²) in [4.78, 5) is 22.4. The number of urea groups is 1. The molecular weight excluding hydrogens is 288 g/mol. The molecule has 0 spiro atoms. The number of aliphatic carboxylic acids is 1. The summed E-state index contributed by atoms with van der Waals surface area (Å²) in [5.74, 6) is 0.181. The molecule has 0 bridgehead atoms. The fraction of sp³-hybridized carbons (Fsp3) is 0.467. The number of anilines is 1. The summed E-state index contributed by atoms with van der Waals surface area (Å²) in [6.07, 6.45) is 3.50. The molecule has 1 aromatic rings. The number of benzene rings is 1. The maximum atomic E-state index is 11.8. The van der Waals surface area contributed by atoms with E-state index >= 15 is 0 Å². The first-order valence-electron chi connectivity index (χ1n) is 6.88. The van der Waals surface area contributed by atoms with Crippen LogP contribution in [-0.4, -0.2) is 35.2 Å². The van der Waals surface area contributed by atoms with Crippen LogP contribution in [0, 0.1) is 0 Å². The van der Waals surface area contributed by atoms with Crippen LogP contribution in [0.2, 0.25) is 0 Å². The van der Waals surface area contributed by atoms with E-state index in [0.717, 1.165) is 17.7 Å². The van der Waals surface area contributed by atoms with E-state index in [9.17, 15) is 9.59 Å². The largest absolute Gasteiger partial charge is 0.481 e. The normalized spacial score (nSPS) is 11.7. The van der Waals surface area contributed by atoms with Gasteiger partial charge < -0.3 is 15.7 Å². The minimum absolute atomic E-state index is 0.0847.